The third kappa shape index (κ3) is 4.83. The van der Waals surface area contributed by atoms with E-state index >= 15 is 0 Å². The molecule has 0 spiro atoms. The topological polar surface area (TPSA) is 59.4 Å². The van der Waals surface area contributed by atoms with Crippen LogP contribution in [0.25, 0.3) is 0 Å². The molecule has 0 saturated carbocycles. The van der Waals surface area contributed by atoms with Crippen molar-refractivity contribution in [1.82, 2.24) is 9.80 Å². The highest BCUT2D eigenvalue weighted by Crippen LogP contribution is 2.23. The summed E-state index contributed by atoms with van der Waals surface area (Å²) >= 11 is 7.61. The van der Waals surface area contributed by atoms with E-state index in [1.54, 1.807) is 35.6 Å². The van der Waals surface area contributed by atoms with Crippen LogP contribution >= 0.6 is 22.9 Å². The van der Waals surface area contributed by atoms with Crippen LogP contribution in [-0.4, -0.2) is 47.9 Å². The van der Waals surface area contributed by atoms with Gasteiger partial charge in [0.1, 0.15) is 0 Å². The first-order valence-corrected chi connectivity index (χ1v) is 9.76. The first-order valence-electron chi connectivity index (χ1n) is 8.57. The van der Waals surface area contributed by atoms with Gasteiger partial charge in [0, 0.05) is 43.3 Å². The number of amides is 1. The van der Waals surface area contributed by atoms with Crippen LogP contribution in [-0.2, 0) is 11.3 Å². The van der Waals surface area contributed by atoms with Crippen LogP contribution in [0.15, 0.2) is 36.4 Å². The number of benzene rings is 1. The third-order valence-electron chi connectivity index (χ3n) is 4.60. The van der Waals surface area contributed by atoms with Gasteiger partial charge in [-0.15, -0.1) is 11.3 Å². The molecule has 1 saturated heterocycles. The smallest absolute Gasteiger partial charge is 0.241 e. The Labute approximate surface area is 162 Å². The van der Waals surface area contributed by atoms with Crippen molar-refractivity contribution in [3.8, 4) is 6.07 Å². The van der Waals surface area contributed by atoms with E-state index in [1.165, 1.54) is 4.88 Å². The second-order valence-corrected chi connectivity index (χ2v) is 8.18. The number of carbonyl (C=O) groups is 1. The van der Waals surface area contributed by atoms with Gasteiger partial charge in [0.2, 0.25) is 5.91 Å². The van der Waals surface area contributed by atoms with E-state index in [1.807, 2.05) is 13.0 Å². The first kappa shape index (κ1) is 18.9. The Morgan fingerprint density at radius 3 is 2.73 bits per heavy atom. The molecular formula is C19H21ClN4OS. The molecule has 2 heterocycles. The molecule has 1 aliphatic heterocycles. The molecule has 2 aromatic rings. The SMILES string of the molecule is C[C@@H](C(=O)Nc1cccc(C#N)c1)N1CCN(Cc2ccc(Cl)s2)CC1. The molecule has 1 aromatic carbocycles. The van der Waals surface area contributed by atoms with Gasteiger partial charge in [-0.25, -0.2) is 0 Å². The highest BCUT2D eigenvalue weighted by atomic mass is 35.5. The molecule has 136 valence electrons. The summed E-state index contributed by atoms with van der Waals surface area (Å²) < 4.78 is 0.824. The fourth-order valence-electron chi connectivity index (χ4n) is 3.04. The minimum atomic E-state index is -0.209. The number of piperazine rings is 1. The summed E-state index contributed by atoms with van der Waals surface area (Å²) in [5, 5.41) is 11.9. The Balaban J connectivity index is 1.50. The van der Waals surface area contributed by atoms with E-state index in [0.717, 1.165) is 37.1 Å². The van der Waals surface area contributed by atoms with E-state index in [2.05, 4.69) is 27.3 Å². The largest absolute Gasteiger partial charge is 0.325 e. The zero-order valence-electron chi connectivity index (χ0n) is 14.6. The van der Waals surface area contributed by atoms with E-state index in [-0.39, 0.29) is 11.9 Å². The second-order valence-electron chi connectivity index (χ2n) is 6.38. The Bertz CT molecular complexity index is 808. The summed E-state index contributed by atoms with van der Waals surface area (Å²) in [5.41, 5.74) is 1.20. The fraction of sp³-hybridized carbons (Fsp3) is 0.368. The van der Waals surface area contributed by atoms with Gasteiger partial charge in [-0.05, 0) is 37.3 Å². The molecule has 0 unspecified atom stereocenters. The summed E-state index contributed by atoms with van der Waals surface area (Å²) in [5.74, 6) is -0.0430. The van der Waals surface area contributed by atoms with Crippen LogP contribution in [0.1, 0.15) is 17.4 Å². The number of anilines is 1. The van der Waals surface area contributed by atoms with Gasteiger partial charge in [0.15, 0.2) is 0 Å². The number of carbonyl (C=O) groups excluding carboxylic acids is 1. The number of rotatable bonds is 5. The van der Waals surface area contributed by atoms with Crippen LogP contribution in [0, 0.1) is 11.3 Å². The number of hydrogen-bond donors (Lipinski definition) is 1. The molecule has 1 N–H and O–H groups in total. The maximum Gasteiger partial charge on any atom is 0.241 e. The van der Waals surface area contributed by atoms with Gasteiger partial charge < -0.3 is 5.32 Å². The summed E-state index contributed by atoms with van der Waals surface area (Å²) in [4.78, 5) is 18.4. The minimum absolute atomic E-state index is 0.0430. The first-order chi connectivity index (χ1) is 12.5. The molecule has 1 amide bonds. The van der Waals surface area contributed by atoms with E-state index in [0.29, 0.717) is 11.3 Å². The van der Waals surface area contributed by atoms with Crippen LogP contribution in [0.2, 0.25) is 4.34 Å². The predicted octanol–water partition coefficient (Wildman–Crippen LogP) is 3.42. The standard InChI is InChI=1S/C19H21ClN4OS/c1-14(19(25)22-16-4-2-3-15(11-16)12-21)24-9-7-23(8-10-24)13-17-5-6-18(20)26-17/h2-6,11,14H,7-10,13H2,1H3,(H,22,25)/t14-/m0/s1. The lowest BCUT2D eigenvalue weighted by molar-refractivity contribution is -0.121. The van der Waals surface area contributed by atoms with Crippen molar-refractivity contribution in [3.63, 3.8) is 0 Å². The Hall–Kier alpha value is -1.91. The molecule has 1 fully saturated rings. The van der Waals surface area contributed by atoms with Gasteiger partial charge in [0.25, 0.3) is 0 Å². The van der Waals surface area contributed by atoms with Gasteiger partial charge in [-0.1, -0.05) is 17.7 Å². The quantitative estimate of drug-likeness (QED) is 0.852. The lowest BCUT2D eigenvalue weighted by Gasteiger charge is -2.37. The summed E-state index contributed by atoms with van der Waals surface area (Å²) in [7, 11) is 0. The van der Waals surface area contributed by atoms with Crippen LogP contribution in [0.4, 0.5) is 5.69 Å². The molecule has 3 rings (SSSR count). The molecule has 1 atom stereocenters. The van der Waals surface area contributed by atoms with Crippen molar-refractivity contribution in [2.75, 3.05) is 31.5 Å². The molecule has 26 heavy (non-hydrogen) atoms. The minimum Gasteiger partial charge on any atom is -0.325 e. The average Bonchev–Trinajstić information content (AvgIpc) is 3.06. The van der Waals surface area contributed by atoms with Crippen molar-refractivity contribution >= 4 is 34.5 Å². The van der Waals surface area contributed by atoms with Gasteiger partial charge in [0.05, 0.1) is 22.0 Å². The van der Waals surface area contributed by atoms with Crippen molar-refractivity contribution < 1.29 is 4.79 Å². The molecule has 5 nitrogen and oxygen atoms in total. The van der Waals surface area contributed by atoms with Crippen molar-refractivity contribution in [1.29, 1.82) is 5.26 Å². The monoisotopic (exact) mass is 388 g/mol. The normalized spacial score (nSPS) is 16.8. The zero-order valence-corrected chi connectivity index (χ0v) is 16.2. The van der Waals surface area contributed by atoms with Crippen LogP contribution in [0.3, 0.4) is 0 Å². The van der Waals surface area contributed by atoms with E-state index in [4.69, 9.17) is 16.9 Å². The van der Waals surface area contributed by atoms with Crippen LogP contribution in [0.5, 0.6) is 0 Å². The molecule has 0 radical (unpaired) electrons. The Kier molecular flexibility index (Phi) is 6.28. The zero-order chi connectivity index (χ0) is 18.5. The van der Waals surface area contributed by atoms with Crippen LogP contribution < -0.4 is 5.32 Å². The highest BCUT2D eigenvalue weighted by molar-refractivity contribution is 7.16. The molecule has 0 bridgehead atoms. The van der Waals surface area contributed by atoms with E-state index < -0.39 is 0 Å². The number of nitrogens with one attached hydrogen (secondary N) is 1. The average molecular weight is 389 g/mol. The highest BCUT2D eigenvalue weighted by Gasteiger charge is 2.25. The van der Waals surface area contributed by atoms with Gasteiger partial charge in [-0.2, -0.15) is 5.26 Å². The lowest BCUT2D eigenvalue weighted by atomic mass is 10.2. The van der Waals surface area contributed by atoms with Crippen molar-refractivity contribution in [3.05, 3.63) is 51.2 Å². The maximum atomic E-state index is 12.5. The second kappa shape index (κ2) is 8.65. The maximum absolute atomic E-state index is 12.5. The van der Waals surface area contributed by atoms with Crippen molar-refractivity contribution in [2.45, 2.75) is 19.5 Å². The number of thiophene rings is 1. The number of nitrogens with zero attached hydrogens (tertiary/aromatic N) is 3. The third-order valence-corrected chi connectivity index (χ3v) is 5.82. The number of hydrogen-bond acceptors (Lipinski definition) is 5. The molecular weight excluding hydrogens is 368 g/mol. The fourth-order valence-corrected chi connectivity index (χ4v) is 4.17. The lowest BCUT2D eigenvalue weighted by Crippen LogP contribution is -2.52. The summed E-state index contributed by atoms with van der Waals surface area (Å²) in [6.07, 6.45) is 0. The molecule has 7 heteroatoms. The van der Waals surface area contributed by atoms with E-state index in [9.17, 15) is 4.79 Å². The summed E-state index contributed by atoms with van der Waals surface area (Å²) in [6.45, 7) is 6.40. The molecule has 0 aliphatic carbocycles. The Morgan fingerprint density at radius 2 is 2.08 bits per heavy atom. The van der Waals surface area contributed by atoms with Crippen molar-refractivity contribution in [2.24, 2.45) is 0 Å². The summed E-state index contributed by atoms with van der Waals surface area (Å²) in [6, 6.07) is 12.9. The number of halogens is 1. The molecule has 1 aliphatic rings. The van der Waals surface area contributed by atoms with Gasteiger partial charge >= 0.3 is 0 Å². The van der Waals surface area contributed by atoms with Gasteiger partial charge in [-0.3, -0.25) is 14.6 Å². The number of nitriles is 1. The predicted molar refractivity (Wildman–Crippen MR) is 105 cm³/mol. The Morgan fingerprint density at radius 1 is 1.31 bits per heavy atom. The molecule has 1 aromatic heterocycles.